The quantitative estimate of drug-likeness (QED) is 0.799. The van der Waals surface area contributed by atoms with Gasteiger partial charge in [-0.25, -0.2) is 0 Å². The molecule has 14 heavy (non-hydrogen) atoms. The van der Waals surface area contributed by atoms with Crippen LogP contribution in [-0.4, -0.2) is 18.8 Å². The lowest BCUT2D eigenvalue weighted by Crippen LogP contribution is -2.23. The molecule has 1 aromatic carbocycles. The number of benzene rings is 1. The van der Waals surface area contributed by atoms with Crippen molar-refractivity contribution in [2.75, 3.05) is 13.7 Å². The van der Waals surface area contributed by atoms with Gasteiger partial charge in [0, 0.05) is 11.0 Å². The highest BCUT2D eigenvalue weighted by Crippen LogP contribution is 2.33. The monoisotopic (exact) mass is 194 g/mol. The highest BCUT2D eigenvalue weighted by Gasteiger charge is 2.23. The summed E-state index contributed by atoms with van der Waals surface area (Å²) in [5.74, 6) is 0.881. The first-order valence-corrected chi connectivity index (χ1v) is 4.78. The maximum absolute atomic E-state index is 9.30. The molecule has 0 fully saturated rings. The number of para-hydroxylation sites is 1. The van der Waals surface area contributed by atoms with Crippen LogP contribution in [0.3, 0.4) is 0 Å². The second-order valence-electron chi connectivity index (χ2n) is 4.20. The lowest BCUT2D eigenvalue weighted by atomic mass is 9.84. The molecule has 0 radical (unpaired) electrons. The van der Waals surface area contributed by atoms with E-state index in [-0.39, 0.29) is 12.0 Å². The van der Waals surface area contributed by atoms with E-state index in [1.54, 1.807) is 7.11 Å². The van der Waals surface area contributed by atoms with Gasteiger partial charge in [0.1, 0.15) is 5.75 Å². The van der Waals surface area contributed by atoms with Crippen molar-refractivity contribution in [1.29, 1.82) is 0 Å². The van der Waals surface area contributed by atoms with Gasteiger partial charge in [0.15, 0.2) is 0 Å². The van der Waals surface area contributed by atoms with E-state index >= 15 is 0 Å². The Bertz CT molecular complexity index is 316. The summed E-state index contributed by atoms with van der Waals surface area (Å²) in [6, 6.07) is 6.00. The van der Waals surface area contributed by atoms with Crippen molar-refractivity contribution >= 4 is 0 Å². The van der Waals surface area contributed by atoms with Crippen molar-refractivity contribution in [3.8, 4) is 5.75 Å². The van der Waals surface area contributed by atoms with Gasteiger partial charge in [-0.05, 0) is 12.5 Å². The molecular formula is C12H18O2. The van der Waals surface area contributed by atoms with Crippen LogP contribution in [0.25, 0.3) is 0 Å². The zero-order chi connectivity index (χ0) is 10.8. The minimum Gasteiger partial charge on any atom is -0.496 e. The summed E-state index contributed by atoms with van der Waals surface area (Å²) in [7, 11) is 1.67. The average molecular weight is 194 g/mol. The molecule has 0 spiro atoms. The van der Waals surface area contributed by atoms with Gasteiger partial charge in [0.2, 0.25) is 0 Å². The lowest BCUT2D eigenvalue weighted by Gasteiger charge is -2.25. The van der Waals surface area contributed by atoms with Crippen molar-refractivity contribution in [3.05, 3.63) is 29.3 Å². The van der Waals surface area contributed by atoms with Crippen molar-refractivity contribution in [2.24, 2.45) is 0 Å². The third-order valence-corrected chi connectivity index (χ3v) is 2.54. The van der Waals surface area contributed by atoms with Gasteiger partial charge < -0.3 is 9.84 Å². The van der Waals surface area contributed by atoms with E-state index in [1.165, 1.54) is 0 Å². The first-order chi connectivity index (χ1) is 6.53. The van der Waals surface area contributed by atoms with Crippen LogP contribution in [-0.2, 0) is 5.41 Å². The molecule has 2 heteroatoms. The normalized spacial score (nSPS) is 11.5. The minimum absolute atomic E-state index is 0.118. The van der Waals surface area contributed by atoms with Crippen LogP contribution in [0.5, 0.6) is 5.75 Å². The Labute approximate surface area is 85.5 Å². The van der Waals surface area contributed by atoms with Gasteiger partial charge in [0.05, 0.1) is 13.7 Å². The Morgan fingerprint density at radius 2 is 2.00 bits per heavy atom. The molecule has 0 heterocycles. The number of hydrogen-bond acceptors (Lipinski definition) is 2. The van der Waals surface area contributed by atoms with Crippen LogP contribution in [0.15, 0.2) is 18.2 Å². The molecule has 2 nitrogen and oxygen atoms in total. The molecule has 0 aliphatic heterocycles. The highest BCUT2D eigenvalue weighted by atomic mass is 16.5. The predicted octanol–water partition coefficient (Wildman–Crippen LogP) is 2.27. The van der Waals surface area contributed by atoms with Crippen LogP contribution < -0.4 is 4.74 Å². The van der Waals surface area contributed by atoms with Crippen molar-refractivity contribution in [3.63, 3.8) is 0 Å². The topological polar surface area (TPSA) is 29.5 Å². The van der Waals surface area contributed by atoms with E-state index in [0.29, 0.717) is 0 Å². The van der Waals surface area contributed by atoms with E-state index in [2.05, 4.69) is 0 Å². The van der Waals surface area contributed by atoms with Crippen LogP contribution in [0.4, 0.5) is 0 Å². The standard InChI is InChI=1S/C12H18O2/c1-9-6-5-7-10(11(9)14-4)12(2,3)8-13/h5-7,13H,8H2,1-4H3. The van der Waals surface area contributed by atoms with Crippen LogP contribution in [0.2, 0.25) is 0 Å². The fraction of sp³-hybridized carbons (Fsp3) is 0.500. The van der Waals surface area contributed by atoms with Crippen LogP contribution in [0.1, 0.15) is 25.0 Å². The van der Waals surface area contributed by atoms with E-state index in [4.69, 9.17) is 4.74 Å². The van der Waals surface area contributed by atoms with Gasteiger partial charge >= 0.3 is 0 Å². The van der Waals surface area contributed by atoms with Crippen LogP contribution in [0, 0.1) is 6.92 Å². The zero-order valence-electron chi connectivity index (χ0n) is 9.29. The fourth-order valence-electron chi connectivity index (χ4n) is 1.54. The summed E-state index contributed by atoms with van der Waals surface area (Å²) >= 11 is 0. The minimum atomic E-state index is -0.253. The molecular weight excluding hydrogens is 176 g/mol. The summed E-state index contributed by atoms with van der Waals surface area (Å²) in [4.78, 5) is 0. The second kappa shape index (κ2) is 4.01. The molecule has 1 aromatic rings. The molecule has 0 saturated carbocycles. The maximum atomic E-state index is 9.30. The summed E-state index contributed by atoms with van der Waals surface area (Å²) in [6.07, 6.45) is 0. The molecule has 0 unspecified atom stereocenters. The van der Waals surface area contributed by atoms with Crippen molar-refractivity contribution in [2.45, 2.75) is 26.2 Å². The van der Waals surface area contributed by atoms with Crippen molar-refractivity contribution in [1.82, 2.24) is 0 Å². The van der Waals surface area contributed by atoms with Crippen LogP contribution >= 0.6 is 0 Å². The largest absolute Gasteiger partial charge is 0.496 e. The van der Waals surface area contributed by atoms with Gasteiger partial charge in [-0.1, -0.05) is 32.0 Å². The van der Waals surface area contributed by atoms with Crippen molar-refractivity contribution < 1.29 is 9.84 Å². The second-order valence-corrected chi connectivity index (χ2v) is 4.20. The molecule has 0 saturated heterocycles. The first kappa shape index (κ1) is 11.1. The number of aliphatic hydroxyl groups excluding tert-OH is 1. The highest BCUT2D eigenvalue weighted by molar-refractivity contribution is 5.44. The van der Waals surface area contributed by atoms with Gasteiger partial charge in [0.25, 0.3) is 0 Å². The number of ether oxygens (including phenoxy) is 1. The molecule has 78 valence electrons. The number of aliphatic hydroxyl groups is 1. The lowest BCUT2D eigenvalue weighted by molar-refractivity contribution is 0.214. The SMILES string of the molecule is COc1c(C)cccc1C(C)(C)CO. The average Bonchev–Trinajstić information content (AvgIpc) is 2.17. The third-order valence-electron chi connectivity index (χ3n) is 2.54. The molecule has 0 bridgehead atoms. The summed E-state index contributed by atoms with van der Waals surface area (Å²) < 4.78 is 5.35. The molecule has 0 aliphatic carbocycles. The molecule has 0 atom stereocenters. The third kappa shape index (κ3) is 1.90. The fourth-order valence-corrected chi connectivity index (χ4v) is 1.54. The Kier molecular flexibility index (Phi) is 3.17. The van der Waals surface area contributed by atoms with Gasteiger partial charge in [-0.15, -0.1) is 0 Å². The summed E-state index contributed by atoms with van der Waals surface area (Å²) in [5.41, 5.74) is 1.91. The molecule has 0 aromatic heterocycles. The maximum Gasteiger partial charge on any atom is 0.125 e. The molecule has 0 amide bonds. The summed E-state index contributed by atoms with van der Waals surface area (Å²) in [6.45, 7) is 6.14. The zero-order valence-corrected chi connectivity index (χ0v) is 9.29. The number of rotatable bonds is 3. The molecule has 1 N–H and O–H groups in total. The first-order valence-electron chi connectivity index (χ1n) is 4.78. The number of hydrogen-bond donors (Lipinski definition) is 1. The Hall–Kier alpha value is -1.02. The Morgan fingerprint density at radius 3 is 2.50 bits per heavy atom. The number of aryl methyl sites for hydroxylation is 1. The molecule has 0 aliphatic rings. The van der Waals surface area contributed by atoms with E-state index < -0.39 is 0 Å². The number of methoxy groups -OCH3 is 1. The molecule has 1 rings (SSSR count). The smallest absolute Gasteiger partial charge is 0.125 e. The van der Waals surface area contributed by atoms with E-state index in [9.17, 15) is 5.11 Å². The van der Waals surface area contributed by atoms with E-state index in [0.717, 1.165) is 16.9 Å². The predicted molar refractivity (Wildman–Crippen MR) is 57.8 cm³/mol. The van der Waals surface area contributed by atoms with E-state index in [1.807, 2.05) is 39.0 Å². The Morgan fingerprint density at radius 1 is 1.36 bits per heavy atom. The summed E-state index contributed by atoms with van der Waals surface area (Å²) in [5, 5.41) is 9.30. The Balaban J connectivity index is 3.27. The van der Waals surface area contributed by atoms with Gasteiger partial charge in [-0.3, -0.25) is 0 Å². The van der Waals surface area contributed by atoms with Gasteiger partial charge in [-0.2, -0.15) is 0 Å².